The Kier molecular flexibility index (Phi) is 9.03. The van der Waals surface area contributed by atoms with Crippen molar-refractivity contribution in [2.75, 3.05) is 6.61 Å². The molecule has 3 aromatic carbocycles. The first-order valence-electron chi connectivity index (χ1n) is 12.9. The van der Waals surface area contributed by atoms with Crippen LogP contribution in [0.1, 0.15) is 50.7 Å². The maximum atomic E-state index is 13.7. The number of rotatable bonds is 13. The molecular weight excluding hydrogens is 450 g/mol. The number of ether oxygens (including phenoxy) is 3. The molecule has 0 N–H and O–H groups in total. The smallest absolute Gasteiger partial charge is 0.297 e. The fraction of sp³-hybridized carbons (Fsp3) is 0.323. The van der Waals surface area contributed by atoms with Gasteiger partial charge in [0.25, 0.3) is 5.56 Å². The van der Waals surface area contributed by atoms with Gasteiger partial charge in [-0.3, -0.25) is 4.79 Å². The Labute approximate surface area is 213 Å². The number of benzene rings is 3. The summed E-state index contributed by atoms with van der Waals surface area (Å²) in [6.07, 6.45) is 3.73. The van der Waals surface area contributed by atoms with Gasteiger partial charge in [-0.25, -0.2) is 0 Å². The minimum atomic E-state index is -0.157. The summed E-state index contributed by atoms with van der Waals surface area (Å²) < 4.78 is 20.3. The molecule has 5 heteroatoms. The van der Waals surface area contributed by atoms with E-state index in [9.17, 15) is 4.79 Å². The normalized spacial score (nSPS) is 10.9. The third-order valence-electron chi connectivity index (χ3n) is 6.10. The van der Waals surface area contributed by atoms with E-state index in [2.05, 4.69) is 13.8 Å². The standard InChI is InChI=1S/C31H35NO4/c1-3-5-19-32-28-21-26(35-22-24-13-9-7-10-14-24)17-18-27(28)29(30(31(32)33)34-20-6-4-2)36-23-25-15-11-8-12-16-25/h7-18,21H,3-6,19-20,22-23H2,1-2H3. The van der Waals surface area contributed by atoms with E-state index in [0.29, 0.717) is 43.6 Å². The first-order chi connectivity index (χ1) is 17.7. The van der Waals surface area contributed by atoms with Crippen LogP contribution in [0.2, 0.25) is 0 Å². The SMILES string of the molecule is CCCCOc1c(OCc2ccccc2)c2ccc(OCc3ccccc3)cc2n(CCCC)c1=O. The van der Waals surface area contributed by atoms with Gasteiger partial charge < -0.3 is 18.8 Å². The first-order valence-corrected chi connectivity index (χ1v) is 12.9. The second-order valence-electron chi connectivity index (χ2n) is 8.90. The summed E-state index contributed by atoms with van der Waals surface area (Å²) in [5, 5.41) is 0.847. The fourth-order valence-electron chi connectivity index (χ4n) is 4.07. The number of unbranched alkanes of at least 4 members (excludes halogenated alkanes) is 2. The first kappa shape index (κ1) is 25.4. The van der Waals surface area contributed by atoms with E-state index < -0.39 is 0 Å². The summed E-state index contributed by atoms with van der Waals surface area (Å²) in [5.41, 5.74) is 2.76. The van der Waals surface area contributed by atoms with Crippen molar-refractivity contribution in [2.24, 2.45) is 0 Å². The van der Waals surface area contributed by atoms with Gasteiger partial charge >= 0.3 is 0 Å². The molecule has 0 saturated carbocycles. The van der Waals surface area contributed by atoms with Crippen LogP contribution in [0.5, 0.6) is 17.2 Å². The molecular formula is C31H35NO4. The summed E-state index contributed by atoms with van der Waals surface area (Å²) in [7, 11) is 0. The zero-order valence-electron chi connectivity index (χ0n) is 21.2. The van der Waals surface area contributed by atoms with Gasteiger partial charge in [0.15, 0.2) is 5.75 Å². The van der Waals surface area contributed by atoms with Gasteiger partial charge in [0.1, 0.15) is 19.0 Å². The van der Waals surface area contributed by atoms with E-state index in [1.54, 1.807) is 0 Å². The van der Waals surface area contributed by atoms with Crippen LogP contribution in [0.4, 0.5) is 0 Å². The van der Waals surface area contributed by atoms with Gasteiger partial charge in [0, 0.05) is 18.0 Å². The second kappa shape index (κ2) is 12.8. The van der Waals surface area contributed by atoms with E-state index in [0.717, 1.165) is 47.7 Å². The molecule has 0 bridgehead atoms. The average Bonchev–Trinajstić information content (AvgIpc) is 2.92. The zero-order valence-corrected chi connectivity index (χ0v) is 21.2. The summed E-state index contributed by atoms with van der Waals surface area (Å²) in [4.78, 5) is 13.7. The molecule has 4 aromatic rings. The van der Waals surface area contributed by atoms with Gasteiger partial charge in [-0.2, -0.15) is 0 Å². The largest absolute Gasteiger partial charge is 0.489 e. The molecule has 0 aliphatic rings. The van der Waals surface area contributed by atoms with Crippen molar-refractivity contribution in [1.29, 1.82) is 0 Å². The molecule has 0 fully saturated rings. The van der Waals surface area contributed by atoms with E-state index in [1.165, 1.54) is 0 Å². The molecule has 4 rings (SSSR count). The Morgan fingerprint density at radius 2 is 1.33 bits per heavy atom. The molecule has 0 spiro atoms. The fourth-order valence-corrected chi connectivity index (χ4v) is 4.07. The third-order valence-corrected chi connectivity index (χ3v) is 6.10. The minimum absolute atomic E-state index is 0.157. The lowest BCUT2D eigenvalue weighted by Gasteiger charge is -2.19. The van der Waals surface area contributed by atoms with Gasteiger partial charge in [0.2, 0.25) is 5.75 Å². The molecule has 0 radical (unpaired) electrons. The van der Waals surface area contributed by atoms with Crippen LogP contribution in [-0.4, -0.2) is 11.2 Å². The summed E-state index contributed by atoms with van der Waals surface area (Å²) >= 11 is 0. The number of nitrogens with zero attached hydrogens (tertiary/aromatic N) is 1. The van der Waals surface area contributed by atoms with Crippen molar-refractivity contribution in [3.8, 4) is 17.2 Å². The van der Waals surface area contributed by atoms with Gasteiger partial charge in [0.05, 0.1) is 12.1 Å². The lowest BCUT2D eigenvalue weighted by atomic mass is 10.1. The van der Waals surface area contributed by atoms with Crippen LogP contribution in [-0.2, 0) is 19.8 Å². The molecule has 36 heavy (non-hydrogen) atoms. The number of aromatic nitrogens is 1. The van der Waals surface area contributed by atoms with Crippen molar-refractivity contribution in [3.05, 3.63) is 100 Å². The van der Waals surface area contributed by atoms with Crippen molar-refractivity contribution in [1.82, 2.24) is 4.57 Å². The Bertz CT molecular complexity index is 1300. The van der Waals surface area contributed by atoms with Crippen LogP contribution in [0.15, 0.2) is 83.7 Å². The van der Waals surface area contributed by atoms with E-state index in [4.69, 9.17) is 14.2 Å². The maximum absolute atomic E-state index is 13.7. The maximum Gasteiger partial charge on any atom is 0.297 e. The lowest BCUT2D eigenvalue weighted by molar-refractivity contribution is 0.257. The lowest BCUT2D eigenvalue weighted by Crippen LogP contribution is -2.24. The highest BCUT2D eigenvalue weighted by Crippen LogP contribution is 2.36. The molecule has 0 amide bonds. The molecule has 0 aliphatic heterocycles. The van der Waals surface area contributed by atoms with Crippen LogP contribution in [0.3, 0.4) is 0 Å². The summed E-state index contributed by atoms with van der Waals surface area (Å²) in [5.74, 6) is 1.50. The number of pyridine rings is 1. The molecule has 0 unspecified atom stereocenters. The predicted octanol–water partition coefficient (Wildman–Crippen LogP) is 7.14. The van der Waals surface area contributed by atoms with Crippen LogP contribution in [0, 0.1) is 0 Å². The van der Waals surface area contributed by atoms with E-state index >= 15 is 0 Å². The number of fused-ring (bicyclic) bond motifs is 1. The second-order valence-corrected chi connectivity index (χ2v) is 8.90. The number of hydrogen-bond donors (Lipinski definition) is 0. The van der Waals surface area contributed by atoms with Crippen LogP contribution >= 0.6 is 0 Å². The zero-order chi connectivity index (χ0) is 25.2. The third kappa shape index (κ3) is 6.28. The van der Waals surface area contributed by atoms with Gasteiger partial charge in [-0.15, -0.1) is 0 Å². The molecule has 188 valence electrons. The summed E-state index contributed by atoms with van der Waals surface area (Å²) in [6, 6.07) is 25.9. The Hall–Kier alpha value is -3.73. The predicted molar refractivity (Wildman–Crippen MR) is 145 cm³/mol. The highest BCUT2D eigenvalue weighted by molar-refractivity contribution is 5.89. The number of aryl methyl sites for hydroxylation is 1. The Morgan fingerprint density at radius 3 is 1.97 bits per heavy atom. The van der Waals surface area contributed by atoms with E-state index in [1.807, 2.05) is 83.4 Å². The molecule has 0 aliphatic carbocycles. The van der Waals surface area contributed by atoms with Crippen molar-refractivity contribution in [3.63, 3.8) is 0 Å². The Balaban J connectivity index is 1.76. The highest BCUT2D eigenvalue weighted by Gasteiger charge is 2.20. The highest BCUT2D eigenvalue weighted by atomic mass is 16.5. The quantitative estimate of drug-likeness (QED) is 0.189. The molecule has 1 aromatic heterocycles. The van der Waals surface area contributed by atoms with Gasteiger partial charge in [-0.1, -0.05) is 87.4 Å². The van der Waals surface area contributed by atoms with E-state index in [-0.39, 0.29) is 5.56 Å². The van der Waals surface area contributed by atoms with Crippen molar-refractivity contribution < 1.29 is 14.2 Å². The monoisotopic (exact) mass is 485 g/mol. The molecule has 5 nitrogen and oxygen atoms in total. The molecule has 1 heterocycles. The average molecular weight is 486 g/mol. The number of hydrogen-bond acceptors (Lipinski definition) is 4. The van der Waals surface area contributed by atoms with Crippen molar-refractivity contribution in [2.45, 2.75) is 59.3 Å². The Morgan fingerprint density at radius 1 is 0.694 bits per heavy atom. The van der Waals surface area contributed by atoms with Crippen LogP contribution < -0.4 is 19.8 Å². The van der Waals surface area contributed by atoms with Crippen LogP contribution in [0.25, 0.3) is 10.9 Å². The van der Waals surface area contributed by atoms with Crippen molar-refractivity contribution >= 4 is 10.9 Å². The molecule has 0 atom stereocenters. The topological polar surface area (TPSA) is 49.7 Å². The summed E-state index contributed by atoms with van der Waals surface area (Å²) in [6.45, 7) is 6.12. The van der Waals surface area contributed by atoms with Gasteiger partial charge in [-0.05, 0) is 36.1 Å². The minimum Gasteiger partial charge on any atom is -0.489 e. The molecule has 0 saturated heterocycles.